The summed E-state index contributed by atoms with van der Waals surface area (Å²) < 4.78 is 23.0. The van der Waals surface area contributed by atoms with E-state index in [-0.39, 0.29) is 29.7 Å². The number of methoxy groups -OCH3 is 1. The Hall–Kier alpha value is -2.50. The second kappa shape index (κ2) is 8.89. The van der Waals surface area contributed by atoms with Crippen LogP contribution in [0.4, 0.5) is 0 Å². The van der Waals surface area contributed by atoms with Crippen LogP contribution in [-0.4, -0.2) is 25.1 Å². The number of rotatable bonds is 6. The number of hydrogen-bond acceptors (Lipinski definition) is 5. The zero-order chi connectivity index (χ0) is 20.2. The van der Waals surface area contributed by atoms with Crippen molar-refractivity contribution in [3.8, 4) is 11.5 Å². The normalized spacial score (nSPS) is 23.6. The zero-order valence-corrected chi connectivity index (χ0v) is 16.9. The van der Waals surface area contributed by atoms with E-state index in [1.807, 2.05) is 36.4 Å². The highest BCUT2D eigenvalue weighted by atomic mass is 35.5. The lowest BCUT2D eigenvalue weighted by Crippen LogP contribution is -2.42. The van der Waals surface area contributed by atoms with E-state index in [4.69, 9.17) is 30.5 Å². The summed E-state index contributed by atoms with van der Waals surface area (Å²) in [6.07, 6.45) is 3.47. The molecule has 2 aromatic rings. The number of benzene rings is 2. The minimum atomic E-state index is -0.212. The summed E-state index contributed by atoms with van der Waals surface area (Å²) in [6.45, 7) is 0.495. The van der Waals surface area contributed by atoms with E-state index in [0.717, 1.165) is 12.0 Å². The fourth-order valence-corrected chi connectivity index (χ4v) is 4.03. The third kappa shape index (κ3) is 4.57. The smallest absolute Gasteiger partial charge is 0.208 e. The van der Waals surface area contributed by atoms with Gasteiger partial charge in [-0.3, -0.25) is 4.79 Å². The number of carbonyl (C=O) groups is 1. The van der Waals surface area contributed by atoms with Crippen LogP contribution in [0.2, 0.25) is 5.02 Å². The highest BCUT2D eigenvalue weighted by molar-refractivity contribution is 6.30. The Kier molecular flexibility index (Phi) is 6.07. The van der Waals surface area contributed by atoms with Crippen molar-refractivity contribution in [2.45, 2.75) is 38.1 Å². The van der Waals surface area contributed by atoms with Crippen molar-refractivity contribution in [2.24, 2.45) is 5.92 Å². The van der Waals surface area contributed by atoms with Gasteiger partial charge in [-0.2, -0.15) is 0 Å². The Bertz CT molecular complexity index is 910. The lowest BCUT2D eigenvalue weighted by molar-refractivity contribution is -0.134. The number of ketones is 1. The summed E-state index contributed by atoms with van der Waals surface area (Å²) in [6, 6.07) is 14.9. The predicted molar refractivity (Wildman–Crippen MR) is 109 cm³/mol. The number of halogens is 1. The monoisotopic (exact) mass is 414 g/mol. The largest absolute Gasteiger partial charge is 0.493 e. The van der Waals surface area contributed by atoms with Crippen LogP contribution >= 0.6 is 11.6 Å². The van der Waals surface area contributed by atoms with Crippen molar-refractivity contribution in [2.75, 3.05) is 7.11 Å². The average molecular weight is 415 g/mol. The second-order valence-electron chi connectivity index (χ2n) is 7.26. The number of carbonyl (C=O) groups excluding carboxylic acids is 1. The Balaban J connectivity index is 1.37. The summed E-state index contributed by atoms with van der Waals surface area (Å²) >= 11 is 6.03. The first kappa shape index (κ1) is 19.8. The van der Waals surface area contributed by atoms with Crippen LogP contribution in [0.5, 0.6) is 11.5 Å². The van der Waals surface area contributed by atoms with Crippen LogP contribution < -0.4 is 9.47 Å². The van der Waals surface area contributed by atoms with Crippen LogP contribution in [0, 0.1) is 5.92 Å². The van der Waals surface area contributed by atoms with E-state index in [0.29, 0.717) is 36.0 Å². The van der Waals surface area contributed by atoms with Gasteiger partial charge < -0.3 is 18.9 Å². The molecular formula is C23H23ClO5. The molecule has 0 radical (unpaired) electrons. The molecule has 1 heterocycles. The van der Waals surface area contributed by atoms with Gasteiger partial charge in [-0.05, 0) is 42.7 Å². The summed E-state index contributed by atoms with van der Waals surface area (Å²) in [5.41, 5.74) is 1.03. The molecule has 0 saturated heterocycles. The Labute approximate surface area is 175 Å². The number of Topliss-reactive ketones (excluding diaryl/α,β-unsaturated/α-hetero) is 1. The minimum Gasteiger partial charge on any atom is -0.493 e. The highest BCUT2D eigenvalue weighted by Crippen LogP contribution is 2.36. The molecule has 0 N–H and O–H groups in total. The van der Waals surface area contributed by atoms with Crippen molar-refractivity contribution in [1.29, 1.82) is 0 Å². The van der Waals surface area contributed by atoms with Crippen molar-refractivity contribution in [3.05, 3.63) is 71.1 Å². The van der Waals surface area contributed by atoms with Gasteiger partial charge in [0.15, 0.2) is 11.5 Å². The van der Waals surface area contributed by atoms with Gasteiger partial charge in [0.05, 0.1) is 25.7 Å². The number of hydrogen-bond donors (Lipinski definition) is 0. The van der Waals surface area contributed by atoms with Crippen LogP contribution in [0.1, 0.15) is 24.8 Å². The standard InChI is InChI=1S/C23H23ClO5/c1-26-19-7-2-3-8-20(19)29-22-14-28-21-12-17(9-10-18(21)23(22)25)27-13-15-5-4-6-16(24)11-15/h2-8,11,14,17-18,21H,9-10,12-13H2,1H3. The van der Waals surface area contributed by atoms with E-state index in [9.17, 15) is 4.79 Å². The average Bonchev–Trinajstić information content (AvgIpc) is 2.74. The molecule has 0 spiro atoms. The minimum absolute atomic E-state index is 0.0274. The van der Waals surface area contributed by atoms with Crippen molar-refractivity contribution in [1.82, 2.24) is 0 Å². The molecule has 3 atom stereocenters. The third-order valence-electron chi connectivity index (χ3n) is 5.34. The SMILES string of the molecule is COc1ccccc1OC1=COC2CC(OCc3cccc(Cl)c3)CCC2C1=O. The lowest BCUT2D eigenvalue weighted by Gasteiger charge is -2.37. The van der Waals surface area contributed by atoms with Crippen LogP contribution in [0.15, 0.2) is 60.6 Å². The molecule has 0 aromatic heterocycles. The van der Waals surface area contributed by atoms with Gasteiger partial charge in [0, 0.05) is 11.4 Å². The molecular weight excluding hydrogens is 392 g/mol. The Morgan fingerprint density at radius 2 is 1.93 bits per heavy atom. The Morgan fingerprint density at radius 1 is 1.10 bits per heavy atom. The number of allylic oxidation sites excluding steroid dienone is 1. The second-order valence-corrected chi connectivity index (χ2v) is 7.69. The van der Waals surface area contributed by atoms with E-state index < -0.39 is 0 Å². The summed E-state index contributed by atoms with van der Waals surface area (Å²) in [5, 5.41) is 0.698. The summed E-state index contributed by atoms with van der Waals surface area (Å²) in [5.74, 6) is 1.04. The number of para-hydroxylation sites is 2. The van der Waals surface area contributed by atoms with Crippen molar-refractivity contribution >= 4 is 17.4 Å². The van der Waals surface area contributed by atoms with Gasteiger partial charge in [-0.15, -0.1) is 0 Å². The highest BCUT2D eigenvalue weighted by Gasteiger charge is 2.41. The fraction of sp³-hybridized carbons (Fsp3) is 0.348. The first-order chi connectivity index (χ1) is 14.1. The fourth-order valence-electron chi connectivity index (χ4n) is 3.82. The van der Waals surface area contributed by atoms with Gasteiger partial charge in [0.2, 0.25) is 11.5 Å². The molecule has 1 aliphatic heterocycles. The summed E-state index contributed by atoms with van der Waals surface area (Å²) in [4.78, 5) is 12.9. The molecule has 6 heteroatoms. The van der Waals surface area contributed by atoms with Gasteiger partial charge in [-0.1, -0.05) is 35.9 Å². The molecule has 1 aliphatic carbocycles. The van der Waals surface area contributed by atoms with Gasteiger partial charge in [0.25, 0.3) is 0 Å². The third-order valence-corrected chi connectivity index (χ3v) is 5.57. The zero-order valence-electron chi connectivity index (χ0n) is 16.2. The molecule has 1 saturated carbocycles. The molecule has 2 aromatic carbocycles. The molecule has 1 fully saturated rings. The van der Waals surface area contributed by atoms with Gasteiger partial charge in [0.1, 0.15) is 12.4 Å². The van der Waals surface area contributed by atoms with E-state index in [1.54, 1.807) is 19.2 Å². The molecule has 2 aliphatic rings. The van der Waals surface area contributed by atoms with Crippen LogP contribution in [-0.2, 0) is 20.9 Å². The predicted octanol–water partition coefficient (Wildman–Crippen LogP) is 4.92. The maximum Gasteiger partial charge on any atom is 0.208 e. The van der Waals surface area contributed by atoms with Crippen molar-refractivity contribution in [3.63, 3.8) is 0 Å². The molecule has 3 unspecified atom stereocenters. The topological polar surface area (TPSA) is 54.0 Å². The quantitative estimate of drug-likeness (QED) is 0.671. The van der Waals surface area contributed by atoms with Crippen LogP contribution in [0.25, 0.3) is 0 Å². The van der Waals surface area contributed by atoms with Gasteiger partial charge >= 0.3 is 0 Å². The first-order valence-corrected chi connectivity index (χ1v) is 10.1. The lowest BCUT2D eigenvalue weighted by atomic mass is 9.80. The molecule has 5 nitrogen and oxygen atoms in total. The molecule has 0 bridgehead atoms. The maximum atomic E-state index is 12.9. The maximum absolute atomic E-state index is 12.9. The van der Waals surface area contributed by atoms with Crippen molar-refractivity contribution < 1.29 is 23.7 Å². The molecule has 152 valence electrons. The van der Waals surface area contributed by atoms with E-state index >= 15 is 0 Å². The van der Waals surface area contributed by atoms with Crippen LogP contribution in [0.3, 0.4) is 0 Å². The van der Waals surface area contributed by atoms with Gasteiger partial charge in [-0.25, -0.2) is 0 Å². The number of ether oxygens (including phenoxy) is 4. The molecule has 0 amide bonds. The molecule has 29 heavy (non-hydrogen) atoms. The first-order valence-electron chi connectivity index (χ1n) is 9.71. The van der Waals surface area contributed by atoms with E-state index in [1.165, 1.54) is 6.26 Å². The Morgan fingerprint density at radius 3 is 2.72 bits per heavy atom. The molecule has 4 rings (SSSR count). The van der Waals surface area contributed by atoms with E-state index in [2.05, 4.69) is 0 Å². The summed E-state index contributed by atoms with van der Waals surface area (Å²) in [7, 11) is 1.57. The number of fused-ring (bicyclic) bond motifs is 1.